The van der Waals surface area contributed by atoms with E-state index in [9.17, 15) is 4.79 Å². The fourth-order valence-corrected chi connectivity index (χ4v) is 3.15. The SMILES string of the molecule is CC(C(=O)N1CCN(Cc2ccc(Cl)cc2)CC1)n1cc(Cl)cn1. The van der Waals surface area contributed by atoms with Crippen molar-refractivity contribution in [1.29, 1.82) is 0 Å². The van der Waals surface area contributed by atoms with Crippen LogP contribution in [0.4, 0.5) is 0 Å². The Morgan fingerprint density at radius 2 is 1.79 bits per heavy atom. The number of amides is 1. The average Bonchev–Trinajstić information content (AvgIpc) is 3.03. The van der Waals surface area contributed by atoms with Crippen LogP contribution in [0.15, 0.2) is 36.7 Å². The van der Waals surface area contributed by atoms with Gasteiger partial charge in [-0.2, -0.15) is 5.10 Å². The summed E-state index contributed by atoms with van der Waals surface area (Å²) >= 11 is 11.8. The van der Waals surface area contributed by atoms with E-state index in [1.165, 1.54) is 5.56 Å². The van der Waals surface area contributed by atoms with Gasteiger partial charge in [-0.3, -0.25) is 14.4 Å². The van der Waals surface area contributed by atoms with Gasteiger partial charge in [0.1, 0.15) is 6.04 Å². The molecule has 24 heavy (non-hydrogen) atoms. The van der Waals surface area contributed by atoms with Crippen LogP contribution in [0, 0.1) is 0 Å². The standard InChI is InChI=1S/C17H20Cl2N4O/c1-13(23-12-16(19)10-20-23)17(24)22-8-6-21(7-9-22)11-14-2-4-15(18)5-3-14/h2-5,10,12-13H,6-9,11H2,1H3. The first kappa shape index (κ1) is 17.3. The highest BCUT2D eigenvalue weighted by Crippen LogP contribution is 2.16. The summed E-state index contributed by atoms with van der Waals surface area (Å²) in [6.45, 7) is 5.91. The van der Waals surface area contributed by atoms with Crippen molar-refractivity contribution in [3.63, 3.8) is 0 Å². The van der Waals surface area contributed by atoms with E-state index >= 15 is 0 Å². The Bertz CT molecular complexity index is 693. The summed E-state index contributed by atoms with van der Waals surface area (Å²) in [5.74, 6) is 0.0842. The van der Waals surface area contributed by atoms with Gasteiger partial charge in [0.25, 0.3) is 0 Å². The molecule has 1 aliphatic heterocycles. The number of rotatable bonds is 4. The van der Waals surface area contributed by atoms with Crippen molar-refractivity contribution in [2.75, 3.05) is 26.2 Å². The molecule has 0 N–H and O–H groups in total. The third-order valence-corrected chi connectivity index (χ3v) is 4.77. The molecule has 1 atom stereocenters. The topological polar surface area (TPSA) is 41.4 Å². The van der Waals surface area contributed by atoms with E-state index in [-0.39, 0.29) is 11.9 Å². The molecule has 1 aromatic heterocycles. The molecule has 1 aliphatic rings. The monoisotopic (exact) mass is 366 g/mol. The van der Waals surface area contributed by atoms with E-state index in [0.717, 1.165) is 37.7 Å². The van der Waals surface area contributed by atoms with E-state index in [0.29, 0.717) is 5.02 Å². The lowest BCUT2D eigenvalue weighted by Crippen LogP contribution is -2.49. The highest BCUT2D eigenvalue weighted by atomic mass is 35.5. The van der Waals surface area contributed by atoms with Crippen LogP contribution < -0.4 is 0 Å². The minimum Gasteiger partial charge on any atom is -0.338 e. The van der Waals surface area contributed by atoms with E-state index in [2.05, 4.69) is 10.00 Å². The van der Waals surface area contributed by atoms with Gasteiger partial charge in [-0.25, -0.2) is 0 Å². The maximum atomic E-state index is 12.6. The number of piperazine rings is 1. The quantitative estimate of drug-likeness (QED) is 0.834. The number of carbonyl (C=O) groups is 1. The van der Waals surface area contributed by atoms with Crippen molar-refractivity contribution >= 4 is 29.1 Å². The van der Waals surface area contributed by atoms with Gasteiger partial charge in [-0.15, -0.1) is 0 Å². The van der Waals surface area contributed by atoms with Crippen LogP contribution in [-0.4, -0.2) is 51.7 Å². The van der Waals surface area contributed by atoms with Crippen LogP contribution in [0.5, 0.6) is 0 Å². The Balaban J connectivity index is 1.52. The van der Waals surface area contributed by atoms with Gasteiger partial charge in [0.05, 0.1) is 11.2 Å². The Kier molecular flexibility index (Phi) is 5.43. The highest BCUT2D eigenvalue weighted by molar-refractivity contribution is 6.30. The number of hydrogen-bond acceptors (Lipinski definition) is 3. The maximum Gasteiger partial charge on any atom is 0.247 e. The van der Waals surface area contributed by atoms with E-state index < -0.39 is 0 Å². The summed E-state index contributed by atoms with van der Waals surface area (Å²) in [5.41, 5.74) is 1.23. The summed E-state index contributed by atoms with van der Waals surface area (Å²) in [4.78, 5) is 16.9. The summed E-state index contributed by atoms with van der Waals surface area (Å²) in [6.07, 6.45) is 3.23. The van der Waals surface area contributed by atoms with E-state index in [4.69, 9.17) is 23.2 Å². The molecular formula is C17H20Cl2N4O. The second-order valence-corrected chi connectivity index (χ2v) is 6.92. The van der Waals surface area contributed by atoms with Gasteiger partial charge in [0.2, 0.25) is 5.91 Å². The van der Waals surface area contributed by atoms with Crippen molar-refractivity contribution in [1.82, 2.24) is 19.6 Å². The van der Waals surface area contributed by atoms with E-state index in [1.807, 2.05) is 36.1 Å². The van der Waals surface area contributed by atoms with Gasteiger partial charge < -0.3 is 4.90 Å². The van der Waals surface area contributed by atoms with E-state index in [1.54, 1.807) is 17.1 Å². The maximum absolute atomic E-state index is 12.6. The zero-order valence-electron chi connectivity index (χ0n) is 13.5. The molecule has 1 aromatic carbocycles. The molecule has 7 heteroatoms. The first-order valence-corrected chi connectivity index (χ1v) is 8.74. The van der Waals surface area contributed by atoms with Gasteiger partial charge in [-0.05, 0) is 24.6 Å². The highest BCUT2D eigenvalue weighted by Gasteiger charge is 2.26. The molecular weight excluding hydrogens is 347 g/mol. The second-order valence-electron chi connectivity index (χ2n) is 6.04. The fraction of sp³-hybridized carbons (Fsp3) is 0.412. The lowest BCUT2D eigenvalue weighted by molar-refractivity contribution is -0.136. The Morgan fingerprint density at radius 3 is 2.38 bits per heavy atom. The summed E-state index contributed by atoms with van der Waals surface area (Å²) < 4.78 is 1.62. The molecule has 0 bridgehead atoms. The fourth-order valence-electron chi connectivity index (χ4n) is 2.88. The molecule has 0 spiro atoms. The molecule has 1 unspecified atom stereocenters. The Morgan fingerprint density at radius 1 is 1.12 bits per heavy atom. The molecule has 3 rings (SSSR count). The minimum absolute atomic E-state index is 0.0842. The van der Waals surface area contributed by atoms with Crippen LogP contribution >= 0.6 is 23.2 Å². The predicted molar refractivity (Wildman–Crippen MR) is 95.3 cm³/mol. The van der Waals surface area contributed by atoms with Crippen molar-refractivity contribution in [3.05, 3.63) is 52.3 Å². The zero-order chi connectivity index (χ0) is 17.1. The van der Waals surface area contributed by atoms with Crippen LogP contribution in [0.2, 0.25) is 10.0 Å². The average molecular weight is 367 g/mol. The molecule has 0 radical (unpaired) electrons. The number of carbonyl (C=O) groups excluding carboxylic acids is 1. The van der Waals surface area contributed by atoms with Crippen molar-refractivity contribution in [3.8, 4) is 0 Å². The van der Waals surface area contributed by atoms with Crippen LogP contribution in [-0.2, 0) is 11.3 Å². The predicted octanol–water partition coefficient (Wildman–Crippen LogP) is 3.10. The summed E-state index contributed by atoms with van der Waals surface area (Å²) in [5, 5.41) is 5.42. The minimum atomic E-state index is -0.333. The van der Waals surface area contributed by atoms with Gasteiger partial charge in [0.15, 0.2) is 0 Å². The largest absolute Gasteiger partial charge is 0.338 e. The van der Waals surface area contributed by atoms with Crippen molar-refractivity contribution in [2.45, 2.75) is 19.5 Å². The summed E-state index contributed by atoms with van der Waals surface area (Å²) in [6, 6.07) is 7.58. The normalized spacial score (nSPS) is 17.0. The lowest BCUT2D eigenvalue weighted by Gasteiger charge is -2.36. The van der Waals surface area contributed by atoms with Crippen LogP contribution in [0.1, 0.15) is 18.5 Å². The molecule has 1 fully saturated rings. The molecule has 5 nitrogen and oxygen atoms in total. The smallest absolute Gasteiger partial charge is 0.247 e. The number of nitrogens with zero attached hydrogens (tertiary/aromatic N) is 4. The molecule has 128 valence electrons. The van der Waals surface area contributed by atoms with Crippen LogP contribution in [0.3, 0.4) is 0 Å². The first-order chi connectivity index (χ1) is 11.5. The third-order valence-electron chi connectivity index (χ3n) is 4.33. The molecule has 0 aliphatic carbocycles. The van der Waals surface area contributed by atoms with Gasteiger partial charge in [-0.1, -0.05) is 35.3 Å². The number of aromatic nitrogens is 2. The van der Waals surface area contributed by atoms with Crippen LogP contribution in [0.25, 0.3) is 0 Å². The Hall–Kier alpha value is -1.56. The number of halogens is 2. The van der Waals surface area contributed by atoms with Gasteiger partial charge in [0, 0.05) is 43.9 Å². The molecule has 2 heterocycles. The summed E-state index contributed by atoms with van der Waals surface area (Å²) in [7, 11) is 0. The van der Waals surface area contributed by atoms with Crippen molar-refractivity contribution in [2.24, 2.45) is 0 Å². The number of benzene rings is 1. The Labute approximate surface area is 151 Å². The van der Waals surface area contributed by atoms with Crippen molar-refractivity contribution < 1.29 is 4.79 Å². The molecule has 1 saturated heterocycles. The van der Waals surface area contributed by atoms with Gasteiger partial charge >= 0.3 is 0 Å². The molecule has 2 aromatic rings. The molecule has 0 saturated carbocycles. The lowest BCUT2D eigenvalue weighted by atomic mass is 10.2. The second kappa shape index (κ2) is 7.55. The molecule has 1 amide bonds. The third kappa shape index (κ3) is 4.09. The zero-order valence-corrected chi connectivity index (χ0v) is 15.0. The first-order valence-electron chi connectivity index (χ1n) is 7.98. The number of hydrogen-bond donors (Lipinski definition) is 0.